The first kappa shape index (κ1) is 20.6. The molecule has 1 aromatic carbocycles. The lowest BCUT2D eigenvalue weighted by Crippen LogP contribution is -2.44. The fourth-order valence-corrected chi connectivity index (χ4v) is 3.85. The molecule has 0 saturated carbocycles. The molecule has 1 aromatic heterocycles. The van der Waals surface area contributed by atoms with Crippen molar-refractivity contribution >= 4 is 23.1 Å². The highest BCUT2D eigenvalue weighted by molar-refractivity contribution is 7.07. The molecule has 1 aliphatic rings. The van der Waals surface area contributed by atoms with Crippen LogP contribution in [0, 0.1) is 0 Å². The number of benzene rings is 1. The van der Waals surface area contributed by atoms with Crippen LogP contribution in [0.25, 0.3) is 0 Å². The van der Waals surface area contributed by atoms with Crippen molar-refractivity contribution in [3.63, 3.8) is 0 Å². The van der Waals surface area contributed by atoms with Gasteiger partial charge in [-0.15, -0.1) is 0 Å². The van der Waals surface area contributed by atoms with E-state index in [0.29, 0.717) is 6.54 Å². The van der Waals surface area contributed by atoms with E-state index in [2.05, 4.69) is 39.3 Å². The van der Waals surface area contributed by atoms with Crippen LogP contribution in [-0.4, -0.2) is 50.4 Å². The second-order valence-corrected chi connectivity index (χ2v) is 7.56. The number of morpholine rings is 1. The van der Waals surface area contributed by atoms with Gasteiger partial charge in [0.1, 0.15) is 5.75 Å². The van der Waals surface area contributed by atoms with Crippen LogP contribution in [0.4, 0.5) is 10.5 Å². The van der Waals surface area contributed by atoms with Crippen molar-refractivity contribution in [2.24, 2.45) is 0 Å². The molecule has 0 bridgehead atoms. The number of nitrogens with zero attached hydrogens (tertiary/aromatic N) is 1. The number of rotatable bonds is 9. The van der Waals surface area contributed by atoms with Crippen LogP contribution in [0.3, 0.4) is 0 Å². The van der Waals surface area contributed by atoms with Crippen LogP contribution in [0.2, 0.25) is 0 Å². The minimum Gasteiger partial charge on any atom is -0.494 e. The summed E-state index contributed by atoms with van der Waals surface area (Å²) in [6.07, 6.45) is 2.15. The molecule has 1 aliphatic heterocycles. The maximum atomic E-state index is 12.4. The van der Waals surface area contributed by atoms with Gasteiger partial charge in [-0.05, 0) is 53.1 Å². The Labute approximate surface area is 170 Å². The van der Waals surface area contributed by atoms with Gasteiger partial charge in [0, 0.05) is 25.3 Å². The van der Waals surface area contributed by atoms with Gasteiger partial charge in [-0.25, -0.2) is 4.79 Å². The van der Waals surface area contributed by atoms with Crippen molar-refractivity contribution in [2.45, 2.75) is 25.8 Å². The highest BCUT2D eigenvalue weighted by Crippen LogP contribution is 2.23. The molecular formula is C21H29N3O3S. The second kappa shape index (κ2) is 11.0. The highest BCUT2D eigenvalue weighted by Gasteiger charge is 2.23. The van der Waals surface area contributed by atoms with E-state index in [4.69, 9.17) is 9.47 Å². The molecule has 1 fully saturated rings. The molecule has 2 aromatic rings. The summed E-state index contributed by atoms with van der Waals surface area (Å²) in [6, 6.07) is 9.57. The second-order valence-electron chi connectivity index (χ2n) is 6.78. The van der Waals surface area contributed by atoms with Gasteiger partial charge in [0.05, 0.1) is 25.9 Å². The van der Waals surface area contributed by atoms with Crippen LogP contribution >= 0.6 is 11.3 Å². The number of hydrogen-bond donors (Lipinski definition) is 2. The van der Waals surface area contributed by atoms with Crippen molar-refractivity contribution in [3.05, 3.63) is 46.7 Å². The quantitative estimate of drug-likeness (QED) is 0.618. The highest BCUT2D eigenvalue weighted by atomic mass is 32.1. The number of unbranched alkanes of at least 4 members (excludes halogenated alkanes) is 1. The molecule has 3 rings (SSSR count). The van der Waals surface area contributed by atoms with E-state index in [0.717, 1.165) is 57.2 Å². The zero-order valence-electron chi connectivity index (χ0n) is 16.4. The first-order valence-electron chi connectivity index (χ1n) is 9.88. The lowest BCUT2D eigenvalue weighted by molar-refractivity contribution is 0.0168. The first-order valence-corrected chi connectivity index (χ1v) is 10.8. The van der Waals surface area contributed by atoms with Crippen molar-refractivity contribution in [2.75, 3.05) is 44.8 Å². The molecule has 1 saturated heterocycles. The predicted octanol–water partition coefficient (Wildman–Crippen LogP) is 4.12. The zero-order valence-corrected chi connectivity index (χ0v) is 17.2. The smallest absolute Gasteiger partial charge is 0.319 e. The largest absolute Gasteiger partial charge is 0.494 e. The lowest BCUT2D eigenvalue weighted by Gasteiger charge is -2.34. The topological polar surface area (TPSA) is 62.8 Å². The number of amides is 2. The minimum absolute atomic E-state index is 0.162. The number of thiophene rings is 1. The average Bonchev–Trinajstić information content (AvgIpc) is 3.25. The Balaban J connectivity index is 1.50. The number of urea groups is 1. The Hall–Kier alpha value is -2.09. The van der Waals surface area contributed by atoms with Gasteiger partial charge < -0.3 is 20.1 Å². The van der Waals surface area contributed by atoms with E-state index in [1.54, 1.807) is 11.3 Å². The Morgan fingerprint density at radius 1 is 1.25 bits per heavy atom. The molecule has 0 spiro atoms. The summed E-state index contributed by atoms with van der Waals surface area (Å²) in [5.74, 6) is 0.823. The van der Waals surface area contributed by atoms with Crippen LogP contribution in [-0.2, 0) is 4.74 Å². The van der Waals surface area contributed by atoms with E-state index < -0.39 is 0 Å². The molecule has 6 nitrogen and oxygen atoms in total. The third-order valence-electron chi connectivity index (χ3n) is 4.75. The summed E-state index contributed by atoms with van der Waals surface area (Å²) in [5, 5.41) is 10.1. The molecule has 2 N–H and O–H groups in total. The standard InChI is InChI=1S/C21H29N3O3S/c1-2-3-11-27-19-6-4-18(5-7-19)23-21(25)22-15-20(17-8-14-28-16-17)24-9-12-26-13-10-24/h4-8,14,16,20H,2-3,9-13,15H2,1H3,(H2,22,23,25)/t20-/m0/s1. The molecule has 2 amide bonds. The number of carbonyl (C=O) groups excluding carboxylic acids is 1. The maximum Gasteiger partial charge on any atom is 0.319 e. The lowest BCUT2D eigenvalue weighted by atomic mass is 10.1. The number of carbonyl (C=O) groups is 1. The summed E-state index contributed by atoms with van der Waals surface area (Å²) < 4.78 is 11.1. The van der Waals surface area contributed by atoms with E-state index in [1.165, 1.54) is 5.56 Å². The van der Waals surface area contributed by atoms with Gasteiger partial charge in [0.15, 0.2) is 0 Å². The van der Waals surface area contributed by atoms with Crippen molar-refractivity contribution in [1.82, 2.24) is 10.2 Å². The van der Waals surface area contributed by atoms with Gasteiger partial charge in [-0.2, -0.15) is 11.3 Å². The van der Waals surface area contributed by atoms with Crippen LogP contribution < -0.4 is 15.4 Å². The molecular weight excluding hydrogens is 374 g/mol. The number of ether oxygens (including phenoxy) is 2. The molecule has 0 unspecified atom stereocenters. The number of hydrogen-bond acceptors (Lipinski definition) is 5. The summed E-state index contributed by atoms with van der Waals surface area (Å²) >= 11 is 1.68. The van der Waals surface area contributed by atoms with E-state index in [-0.39, 0.29) is 12.1 Å². The summed E-state index contributed by atoms with van der Waals surface area (Å²) in [5.41, 5.74) is 1.99. The Morgan fingerprint density at radius 3 is 2.71 bits per heavy atom. The number of nitrogens with one attached hydrogen (secondary N) is 2. The number of anilines is 1. The van der Waals surface area contributed by atoms with Gasteiger partial charge in [-0.3, -0.25) is 4.90 Å². The molecule has 152 valence electrons. The fourth-order valence-electron chi connectivity index (χ4n) is 3.15. The first-order chi connectivity index (χ1) is 13.8. The van der Waals surface area contributed by atoms with Gasteiger partial charge in [0.25, 0.3) is 0 Å². The minimum atomic E-state index is -0.201. The predicted molar refractivity (Wildman–Crippen MR) is 113 cm³/mol. The molecule has 7 heteroatoms. The Kier molecular flexibility index (Phi) is 8.14. The SMILES string of the molecule is CCCCOc1ccc(NC(=O)NC[C@@H](c2ccsc2)N2CCOCC2)cc1. The van der Waals surface area contributed by atoms with Crippen molar-refractivity contribution in [1.29, 1.82) is 0 Å². The normalized spacial score (nSPS) is 15.8. The Morgan fingerprint density at radius 2 is 2.04 bits per heavy atom. The third-order valence-corrected chi connectivity index (χ3v) is 5.45. The van der Waals surface area contributed by atoms with Crippen LogP contribution in [0.1, 0.15) is 31.4 Å². The van der Waals surface area contributed by atoms with Crippen molar-refractivity contribution in [3.8, 4) is 5.75 Å². The zero-order chi connectivity index (χ0) is 19.6. The molecule has 2 heterocycles. The van der Waals surface area contributed by atoms with Gasteiger partial charge >= 0.3 is 6.03 Å². The van der Waals surface area contributed by atoms with Crippen LogP contribution in [0.15, 0.2) is 41.1 Å². The summed E-state index contributed by atoms with van der Waals surface area (Å²) in [6.45, 7) is 6.64. The van der Waals surface area contributed by atoms with E-state index >= 15 is 0 Å². The molecule has 0 aliphatic carbocycles. The molecule has 1 atom stereocenters. The van der Waals surface area contributed by atoms with Crippen LogP contribution in [0.5, 0.6) is 5.75 Å². The molecule has 28 heavy (non-hydrogen) atoms. The van der Waals surface area contributed by atoms with Gasteiger partial charge in [-0.1, -0.05) is 13.3 Å². The third kappa shape index (κ3) is 6.22. The molecule has 0 radical (unpaired) electrons. The van der Waals surface area contributed by atoms with E-state index in [9.17, 15) is 4.79 Å². The Bertz CT molecular complexity index is 700. The van der Waals surface area contributed by atoms with Gasteiger partial charge in [0.2, 0.25) is 0 Å². The summed E-state index contributed by atoms with van der Waals surface area (Å²) in [7, 11) is 0. The monoisotopic (exact) mass is 403 g/mol. The fraction of sp³-hybridized carbons (Fsp3) is 0.476. The average molecular weight is 404 g/mol. The maximum absolute atomic E-state index is 12.4. The van der Waals surface area contributed by atoms with E-state index in [1.807, 2.05) is 24.3 Å². The summed E-state index contributed by atoms with van der Waals surface area (Å²) in [4.78, 5) is 14.7. The van der Waals surface area contributed by atoms with Crippen molar-refractivity contribution < 1.29 is 14.3 Å².